The summed E-state index contributed by atoms with van der Waals surface area (Å²) in [7, 11) is 3.63. The average molecular weight is 371 g/mol. The zero-order chi connectivity index (χ0) is 18.7. The zero-order valence-corrected chi connectivity index (χ0v) is 16.1. The number of benzene rings is 1. The Balaban J connectivity index is 1.97. The van der Waals surface area contributed by atoms with Gasteiger partial charge < -0.3 is 14.4 Å². The van der Waals surface area contributed by atoms with Crippen molar-refractivity contribution in [2.24, 2.45) is 0 Å². The first-order valence-electron chi connectivity index (χ1n) is 8.30. The normalized spacial score (nSPS) is 10.8. The number of anilines is 1. The van der Waals surface area contributed by atoms with E-state index in [0.29, 0.717) is 18.0 Å². The second kappa shape index (κ2) is 7.70. The summed E-state index contributed by atoms with van der Waals surface area (Å²) in [5.74, 6) is 1.30. The highest BCUT2D eigenvalue weighted by molar-refractivity contribution is 7.20. The Morgan fingerprint density at radius 2 is 2.12 bits per heavy atom. The van der Waals surface area contributed by atoms with Crippen molar-refractivity contribution in [3.8, 4) is 5.75 Å². The van der Waals surface area contributed by atoms with Crippen LogP contribution < -0.4 is 9.64 Å². The van der Waals surface area contributed by atoms with Crippen molar-refractivity contribution in [3.63, 3.8) is 0 Å². The van der Waals surface area contributed by atoms with E-state index in [4.69, 9.17) is 9.47 Å². The predicted octanol–water partition coefficient (Wildman–Crippen LogP) is 3.82. The van der Waals surface area contributed by atoms with Gasteiger partial charge in [-0.25, -0.2) is 14.8 Å². The van der Waals surface area contributed by atoms with Crippen molar-refractivity contribution >= 4 is 33.3 Å². The lowest BCUT2D eigenvalue weighted by Gasteiger charge is -2.19. The number of carbonyl (C=O) groups excluding carboxylic acids is 1. The quantitative estimate of drug-likeness (QED) is 0.614. The van der Waals surface area contributed by atoms with Crippen LogP contribution in [0.2, 0.25) is 0 Å². The van der Waals surface area contributed by atoms with Crippen molar-refractivity contribution in [2.45, 2.75) is 20.4 Å². The van der Waals surface area contributed by atoms with E-state index in [-0.39, 0.29) is 5.97 Å². The summed E-state index contributed by atoms with van der Waals surface area (Å²) in [5, 5.41) is 0.894. The monoisotopic (exact) mass is 371 g/mol. The average Bonchev–Trinajstić information content (AvgIpc) is 2.99. The van der Waals surface area contributed by atoms with Crippen LogP contribution in [-0.2, 0) is 11.3 Å². The fourth-order valence-corrected chi connectivity index (χ4v) is 3.89. The summed E-state index contributed by atoms with van der Waals surface area (Å²) >= 11 is 1.34. The molecule has 0 aliphatic heterocycles. The maximum absolute atomic E-state index is 12.2. The van der Waals surface area contributed by atoms with Gasteiger partial charge in [0.05, 0.1) is 19.1 Å². The molecule has 0 saturated heterocycles. The molecule has 0 unspecified atom stereocenters. The number of hydrogen-bond donors (Lipinski definition) is 0. The summed E-state index contributed by atoms with van der Waals surface area (Å²) in [4.78, 5) is 24.4. The molecule has 3 aromatic rings. The highest BCUT2D eigenvalue weighted by Crippen LogP contribution is 2.35. The number of ether oxygens (including phenoxy) is 2. The first-order chi connectivity index (χ1) is 12.5. The molecule has 0 spiro atoms. The molecule has 0 saturated carbocycles. The van der Waals surface area contributed by atoms with Gasteiger partial charge in [-0.05, 0) is 37.1 Å². The molecule has 0 N–H and O–H groups in total. The molecule has 1 aromatic carbocycles. The van der Waals surface area contributed by atoms with Crippen molar-refractivity contribution < 1.29 is 14.3 Å². The Hall–Kier alpha value is -2.67. The minimum atomic E-state index is -0.311. The third-order valence-electron chi connectivity index (χ3n) is 4.08. The number of thiophene rings is 1. The maximum Gasteiger partial charge on any atom is 0.348 e. The SMILES string of the molecule is CCOC(=O)c1sc2ncnc(N(C)Cc3cccc(OC)c3)c2c1C. The van der Waals surface area contributed by atoms with Crippen LogP contribution in [0.1, 0.15) is 27.7 Å². The van der Waals surface area contributed by atoms with Crippen LogP contribution in [0, 0.1) is 6.92 Å². The summed E-state index contributed by atoms with van der Waals surface area (Å²) < 4.78 is 10.4. The fraction of sp³-hybridized carbons (Fsp3) is 0.316. The van der Waals surface area contributed by atoms with Gasteiger partial charge in [0.1, 0.15) is 27.6 Å². The lowest BCUT2D eigenvalue weighted by Crippen LogP contribution is -2.18. The molecule has 7 heteroatoms. The second-order valence-corrected chi connectivity index (χ2v) is 6.86. The summed E-state index contributed by atoms with van der Waals surface area (Å²) in [6.45, 7) is 4.72. The zero-order valence-electron chi connectivity index (χ0n) is 15.3. The van der Waals surface area contributed by atoms with E-state index in [1.807, 2.05) is 43.1 Å². The molecule has 2 aromatic heterocycles. The first kappa shape index (κ1) is 18.1. The van der Waals surface area contributed by atoms with Crippen LogP contribution >= 0.6 is 11.3 Å². The first-order valence-corrected chi connectivity index (χ1v) is 9.12. The fourth-order valence-electron chi connectivity index (χ4n) is 2.85. The van der Waals surface area contributed by atoms with Gasteiger partial charge in [-0.1, -0.05) is 12.1 Å². The topological polar surface area (TPSA) is 64.5 Å². The van der Waals surface area contributed by atoms with Crippen LogP contribution in [0.4, 0.5) is 5.82 Å². The molecular formula is C19H21N3O3S. The molecule has 2 heterocycles. The molecule has 0 amide bonds. The van der Waals surface area contributed by atoms with E-state index < -0.39 is 0 Å². The smallest absolute Gasteiger partial charge is 0.348 e. The Labute approximate surface area is 156 Å². The van der Waals surface area contributed by atoms with Crippen molar-refractivity contribution in [3.05, 3.63) is 46.6 Å². The Morgan fingerprint density at radius 3 is 2.85 bits per heavy atom. The molecule has 0 atom stereocenters. The number of methoxy groups -OCH3 is 1. The lowest BCUT2D eigenvalue weighted by molar-refractivity contribution is 0.0531. The highest BCUT2D eigenvalue weighted by atomic mass is 32.1. The Morgan fingerprint density at radius 1 is 1.31 bits per heavy atom. The van der Waals surface area contributed by atoms with E-state index in [1.54, 1.807) is 14.0 Å². The molecular weight excluding hydrogens is 350 g/mol. The van der Waals surface area contributed by atoms with E-state index in [1.165, 1.54) is 17.7 Å². The van der Waals surface area contributed by atoms with Crippen molar-refractivity contribution in [2.75, 3.05) is 25.7 Å². The molecule has 0 radical (unpaired) electrons. The van der Waals surface area contributed by atoms with E-state index in [0.717, 1.165) is 32.9 Å². The van der Waals surface area contributed by atoms with Crippen LogP contribution in [0.5, 0.6) is 5.75 Å². The third kappa shape index (κ3) is 3.48. The number of esters is 1. The molecule has 3 rings (SSSR count). The minimum absolute atomic E-state index is 0.311. The summed E-state index contributed by atoms with van der Waals surface area (Å²) in [6, 6.07) is 7.93. The third-order valence-corrected chi connectivity index (χ3v) is 5.26. The maximum atomic E-state index is 12.2. The van der Waals surface area contributed by atoms with Gasteiger partial charge in [-0.2, -0.15) is 0 Å². The number of fused-ring (bicyclic) bond motifs is 1. The number of aromatic nitrogens is 2. The van der Waals surface area contributed by atoms with Crippen LogP contribution in [-0.4, -0.2) is 36.7 Å². The summed E-state index contributed by atoms with van der Waals surface area (Å²) in [5.41, 5.74) is 1.97. The Bertz CT molecular complexity index is 939. The highest BCUT2D eigenvalue weighted by Gasteiger charge is 2.21. The van der Waals surface area contributed by atoms with E-state index in [9.17, 15) is 4.79 Å². The van der Waals surface area contributed by atoms with Crippen molar-refractivity contribution in [1.82, 2.24) is 9.97 Å². The standard InChI is InChI=1S/C19H21N3O3S/c1-5-25-19(23)16-12(2)15-17(20-11-21-18(15)26-16)22(3)10-13-7-6-8-14(9-13)24-4/h6-9,11H,5,10H2,1-4H3. The van der Waals surface area contributed by atoms with Gasteiger partial charge in [0, 0.05) is 13.6 Å². The van der Waals surface area contributed by atoms with E-state index in [2.05, 4.69) is 9.97 Å². The molecule has 136 valence electrons. The van der Waals surface area contributed by atoms with Crippen LogP contribution in [0.15, 0.2) is 30.6 Å². The molecule has 0 aliphatic carbocycles. The van der Waals surface area contributed by atoms with Gasteiger partial charge in [-0.3, -0.25) is 0 Å². The molecule has 0 fully saturated rings. The molecule has 26 heavy (non-hydrogen) atoms. The molecule has 0 bridgehead atoms. The number of carbonyl (C=O) groups is 1. The predicted molar refractivity (Wildman–Crippen MR) is 103 cm³/mol. The molecule has 0 aliphatic rings. The van der Waals surface area contributed by atoms with E-state index >= 15 is 0 Å². The second-order valence-electron chi connectivity index (χ2n) is 5.86. The number of rotatable bonds is 6. The lowest BCUT2D eigenvalue weighted by atomic mass is 10.1. The molecule has 6 nitrogen and oxygen atoms in total. The minimum Gasteiger partial charge on any atom is -0.497 e. The van der Waals surface area contributed by atoms with Crippen molar-refractivity contribution in [1.29, 1.82) is 0 Å². The Kier molecular flexibility index (Phi) is 5.37. The van der Waals surface area contributed by atoms with Gasteiger partial charge in [0.25, 0.3) is 0 Å². The number of aryl methyl sites for hydroxylation is 1. The summed E-state index contributed by atoms with van der Waals surface area (Å²) in [6.07, 6.45) is 1.53. The van der Waals surface area contributed by atoms with Gasteiger partial charge >= 0.3 is 5.97 Å². The number of nitrogens with zero attached hydrogens (tertiary/aromatic N) is 3. The van der Waals surface area contributed by atoms with Crippen LogP contribution in [0.3, 0.4) is 0 Å². The van der Waals surface area contributed by atoms with Gasteiger partial charge in [0.15, 0.2) is 0 Å². The number of hydrogen-bond acceptors (Lipinski definition) is 7. The van der Waals surface area contributed by atoms with Crippen LogP contribution in [0.25, 0.3) is 10.2 Å². The largest absolute Gasteiger partial charge is 0.497 e. The van der Waals surface area contributed by atoms with Gasteiger partial charge in [-0.15, -0.1) is 11.3 Å². The van der Waals surface area contributed by atoms with Gasteiger partial charge in [0.2, 0.25) is 0 Å².